The van der Waals surface area contributed by atoms with Crippen molar-refractivity contribution in [2.75, 3.05) is 5.32 Å². The van der Waals surface area contributed by atoms with E-state index in [1.807, 2.05) is 30.3 Å². The van der Waals surface area contributed by atoms with E-state index < -0.39 is 0 Å². The molecule has 0 aliphatic heterocycles. The first-order valence-electron chi connectivity index (χ1n) is 10.7. The molecule has 0 saturated heterocycles. The third kappa shape index (κ3) is 5.25. The highest BCUT2D eigenvalue weighted by Crippen LogP contribution is 2.32. The predicted octanol–water partition coefficient (Wildman–Crippen LogP) is 6.48. The molecule has 7 nitrogen and oxygen atoms in total. The van der Waals surface area contributed by atoms with Crippen LogP contribution in [0.3, 0.4) is 0 Å². The molecule has 9 heteroatoms. The van der Waals surface area contributed by atoms with Gasteiger partial charge in [0.15, 0.2) is 0 Å². The van der Waals surface area contributed by atoms with Gasteiger partial charge in [0.05, 0.1) is 17.1 Å². The molecule has 3 N–H and O–H groups in total. The van der Waals surface area contributed by atoms with Crippen LogP contribution in [0.1, 0.15) is 11.3 Å². The van der Waals surface area contributed by atoms with E-state index in [2.05, 4.69) is 20.8 Å². The van der Waals surface area contributed by atoms with E-state index in [4.69, 9.17) is 26.0 Å². The molecule has 0 aliphatic carbocycles. The van der Waals surface area contributed by atoms with E-state index in [9.17, 15) is 4.39 Å². The standard InChI is InChI=1S/C26H20ClFN4O3/c27-22-12-19(5-8-25(22)34-14-16-2-1-3-18(28)10-16)32-26-21-11-17(4-7-23(21)29-15-30-26)24-9-6-20(35-24)13-31-33/h1-12,15,31,33H,13-14H2,(H,29,30,32). The highest BCUT2D eigenvalue weighted by molar-refractivity contribution is 6.32. The van der Waals surface area contributed by atoms with Crippen LogP contribution in [0.15, 0.2) is 83.5 Å². The van der Waals surface area contributed by atoms with Gasteiger partial charge in [-0.2, -0.15) is 5.48 Å². The number of benzene rings is 3. The maximum atomic E-state index is 13.4. The summed E-state index contributed by atoms with van der Waals surface area (Å²) < 4.78 is 24.9. The number of ether oxygens (including phenoxy) is 1. The van der Waals surface area contributed by atoms with Crippen molar-refractivity contribution in [3.63, 3.8) is 0 Å². The van der Waals surface area contributed by atoms with Crippen LogP contribution in [0.25, 0.3) is 22.2 Å². The number of hydrogen-bond donors (Lipinski definition) is 3. The Bertz CT molecular complexity index is 1490. The van der Waals surface area contributed by atoms with Gasteiger partial charge in [0.2, 0.25) is 0 Å². The minimum absolute atomic E-state index is 0.201. The van der Waals surface area contributed by atoms with E-state index in [0.29, 0.717) is 39.4 Å². The Labute approximate surface area is 205 Å². The van der Waals surface area contributed by atoms with Gasteiger partial charge in [-0.1, -0.05) is 23.7 Å². The summed E-state index contributed by atoms with van der Waals surface area (Å²) in [5, 5.41) is 13.4. The fourth-order valence-corrected chi connectivity index (χ4v) is 3.87. The monoisotopic (exact) mass is 490 g/mol. The van der Waals surface area contributed by atoms with E-state index in [-0.39, 0.29) is 19.0 Å². The summed E-state index contributed by atoms with van der Waals surface area (Å²) in [6, 6.07) is 20.9. The molecule has 5 aromatic rings. The highest BCUT2D eigenvalue weighted by atomic mass is 35.5. The summed E-state index contributed by atoms with van der Waals surface area (Å²) in [5.41, 5.74) is 5.12. The van der Waals surface area contributed by atoms with Crippen molar-refractivity contribution >= 4 is 34.0 Å². The van der Waals surface area contributed by atoms with Gasteiger partial charge < -0.3 is 19.7 Å². The van der Waals surface area contributed by atoms with Gasteiger partial charge in [0.25, 0.3) is 0 Å². The van der Waals surface area contributed by atoms with Crippen LogP contribution in [-0.2, 0) is 13.2 Å². The summed E-state index contributed by atoms with van der Waals surface area (Å²) in [6.07, 6.45) is 1.49. The Morgan fingerprint density at radius 1 is 1.00 bits per heavy atom. The fourth-order valence-electron chi connectivity index (χ4n) is 3.64. The number of hydrogen-bond acceptors (Lipinski definition) is 7. The lowest BCUT2D eigenvalue weighted by atomic mass is 10.1. The number of hydroxylamine groups is 1. The molecule has 0 aliphatic rings. The van der Waals surface area contributed by atoms with Crippen LogP contribution in [0.5, 0.6) is 5.75 Å². The van der Waals surface area contributed by atoms with Gasteiger partial charge in [-0.05, 0) is 66.2 Å². The number of nitrogens with one attached hydrogen (secondary N) is 2. The quantitative estimate of drug-likeness (QED) is 0.214. The summed E-state index contributed by atoms with van der Waals surface area (Å²) in [6.45, 7) is 0.415. The smallest absolute Gasteiger partial charge is 0.141 e. The molecule has 0 saturated carbocycles. The van der Waals surface area contributed by atoms with Crippen molar-refractivity contribution in [1.82, 2.24) is 15.4 Å². The van der Waals surface area contributed by atoms with E-state index in [0.717, 1.165) is 16.5 Å². The van der Waals surface area contributed by atoms with Crippen molar-refractivity contribution in [1.29, 1.82) is 0 Å². The van der Waals surface area contributed by atoms with Gasteiger partial charge in [-0.15, -0.1) is 0 Å². The molecule has 35 heavy (non-hydrogen) atoms. The molecule has 176 valence electrons. The fraction of sp³-hybridized carbons (Fsp3) is 0.0769. The van der Waals surface area contributed by atoms with E-state index in [1.165, 1.54) is 18.5 Å². The molecule has 0 atom stereocenters. The third-order valence-corrected chi connectivity index (χ3v) is 5.61. The zero-order valence-corrected chi connectivity index (χ0v) is 19.1. The highest BCUT2D eigenvalue weighted by Gasteiger charge is 2.11. The molecule has 0 radical (unpaired) electrons. The number of rotatable bonds is 8. The van der Waals surface area contributed by atoms with Gasteiger partial charge in [-0.25, -0.2) is 14.4 Å². The average Bonchev–Trinajstić information content (AvgIpc) is 3.32. The first-order valence-corrected chi connectivity index (χ1v) is 11.1. The summed E-state index contributed by atoms with van der Waals surface area (Å²) in [4.78, 5) is 8.75. The van der Waals surface area contributed by atoms with Crippen LogP contribution in [0.4, 0.5) is 15.9 Å². The van der Waals surface area contributed by atoms with Crippen LogP contribution >= 0.6 is 11.6 Å². The zero-order valence-electron chi connectivity index (χ0n) is 18.3. The third-order valence-electron chi connectivity index (χ3n) is 5.31. The molecule has 2 heterocycles. The number of halogens is 2. The maximum absolute atomic E-state index is 13.4. The minimum Gasteiger partial charge on any atom is -0.487 e. The van der Waals surface area contributed by atoms with Gasteiger partial charge in [0, 0.05) is 16.6 Å². The molecule has 2 aromatic heterocycles. The Hall–Kier alpha value is -3.98. The summed E-state index contributed by atoms with van der Waals surface area (Å²) in [7, 11) is 0. The molecular weight excluding hydrogens is 471 g/mol. The van der Waals surface area contributed by atoms with Crippen LogP contribution in [-0.4, -0.2) is 15.2 Å². The first-order chi connectivity index (χ1) is 17.1. The van der Waals surface area contributed by atoms with E-state index >= 15 is 0 Å². The molecule has 0 bridgehead atoms. The first kappa shape index (κ1) is 22.8. The minimum atomic E-state index is -0.313. The molecular formula is C26H20ClFN4O3. The second kappa shape index (κ2) is 10.1. The topological polar surface area (TPSA) is 92.4 Å². The average molecular weight is 491 g/mol. The lowest BCUT2D eigenvalue weighted by Crippen LogP contribution is -2.04. The van der Waals surface area contributed by atoms with E-state index in [1.54, 1.807) is 30.3 Å². The number of nitrogens with zero attached hydrogens (tertiary/aromatic N) is 2. The van der Waals surface area contributed by atoms with Crippen molar-refractivity contribution in [2.24, 2.45) is 0 Å². The summed E-state index contributed by atoms with van der Waals surface area (Å²) in [5.74, 6) is 2.05. The number of fused-ring (bicyclic) bond motifs is 1. The summed E-state index contributed by atoms with van der Waals surface area (Å²) >= 11 is 6.44. The van der Waals surface area contributed by atoms with Crippen molar-refractivity contribution in [3.8, 4) is 17.1 Å². The SMILES string of the molecule is ONCc1ccc(-c2ccc3ncnc(Nc4ccc(OCc5cccc(F)c5)c(Cl)c4)c3c2)o1. The van der Waals surface area contributed by atoms with Crippen molar-refractivity contribution in [2.45, 2.75) is 13.2 Å². The van der Waals surface area contributed by atoms with Crippen molar-refractivity contribution in [3.05, 3.63) is 101 Å². The van der Waals surface area contributed by atoms with Crippen LogP contribution < -0.4 is 15.5 Å². The molecule has 0 unspecified atom stereocenters. The molecule has 0 amide bonds. The second-order valence-corrected chi connectivity index (χ2v) is 8.15. The molecule has 0 spiro atoms. The number of furan rings is 1. The molecule has 3 aromatic carbocycles. The Balaban J connectivity index is 1.37. The maximum Gasteiger partial charge on any atom is 0.141 e. The zero-order chi connectivity index (χ0) is 24.2. The lowest BCUT2D eigenvalue weighted by molar-refractivity contribution is 0.153. The number of aromatic nitrogens is 2. The predicted molar refractivity (Wildman–Crippen MR) is 131 cm³/mol. The van der Waals surface area contributed by atoms with Crippen LogP contribution in [0, 0.1) is 5.82 Å². The van der Waals surface area contributed by atoms with Gasteiger partial charge in [-0.3, -0.25) is 0 Å². The van der Waals surface area contributed by atoms with Gasteiger partial charge >= 0.3 is 0 Å². The normalized spacial score (nSPS) is 11.1. The molecule has 5 rings (SSSR count). The largest absolute Gasteiger partial charge is 0.487 e. The Morgan fingerprint density at radius 2 is 1.91 bits per heavy atom. The molecule has 0 fully saturated rings. The van der Waals surface area contributed by atoms with Crippen molar-refractivity contribution < 1.29 is 18.8 Å². The second-order valence-electron chi connectivity index (χ2n) is 7.74. The van der Waals surface area contributed by atoms with Crippen LogP contribution in [0.2, 0.25) is 5.02 Å². The Morgan fingerprint density at radius 3 is 2.74 bits per heavy atom. The Kier molecular flexibility index (Phi) is 6.58. The van der Waals surface area contributed by atoms with Gasteiger partial charge in [0.1, 0.15) is 41.8 Å². The lowest BCUT2D eigenvalue weighted by Gasteiger charge is -2.12. The number of anilines is 2.